The van der Waals surface area contributed by atoms with Crippen LogP contribution in [-0.2, 0) is 18.3 Å². The van der Waals surface area contributed by atoms with Gasteiger partial charge in [-0.1, -0.05) is 50.1 Å². The first-order valence-corrected chi connectivity index (χ1v) is 7.42. The molecule has 0 aliphatic rings. The Balaban J connectivity index is 1.96. The number of rotatable bonds is 7. The standard InChI is InChI=1S/C16H22N4O/c1-3-4-8-11-17-15(21)12-14-18-19-16(20(14)2)13-9-6-5-7-10-13/h5-7,9-10H,3-4,8,11-12H2,1-2H3,(H,17,21). The first-order chi connectivity index (χ1) is 10.2. The van der Waals surface area contributed by atoms with Crippen molar-refractivity contribution in [3.8, 4) is 11.4 Å². The molecule has 0 radical (unpaired) electrons. The van der Waals surface area contributed by atoms with Gasteiger partial charge in [0.25, 0.3) is 0 Å². The summed E-state index contributed by atoms with van der Waals surface area (Å²) in [5.41, 5.74) is 1.00. The molecule has 0 aliphatic heterocycles. The van der Waals surface area contributed by atoms with Crippen LogP contribution in [0, 0.1) is 0 Å². The molecule has 1 heterocycles. The van der Waals surface area contributed by atoms with E-state index >= 15 is 0 Å². The van der Waals surface area contributed by atoms with Crippen molar-refractivity contribution >= 4 is 5.91 Å². The van der Waals surface area contributed by atoms with Crippen molar-refractivity contribution in [2.45, 2.75) is 32.6 Å². The number of nitrogens with one attached hydrogen (secondary N) is 1. The molecule has 1 amide bonds. The zero-order chi connectivity index (χ0) is 15.1. The number of unbranched alkanes of at least 4 members (excludes halogenated alkanes) is 2. The van der Waals surface area contributed by atoms with Crippen molar-refractivity contribution < 1.29 is 4.79 Å². The van der Waals surface area contributed by atoms with E-state index in [1.54, 1.807) is 0 Å². The maximum absolute atomic E-state index is 11.9. The number of hydrogen-bond donors (Lipinski definition) is 1. The predicted octanol–water partition coefficient (Wildman–Crippen LogP) is 2.33. The molecule has 0 unspecified atom stereocenters. The molecule has 1 N–H and O–H groups in total. The highest BCUT2D eigenvalue weighted by atomic mass is 16.1. The molecular weight excluding hydrogens is 264 g/mol. The van der Waals surface area contributed by atoms with E-state index in [4.69, 9.17) is 0 Å². The Bertz CT molecular complexity index is 577. The Morgan fingerprint density at radius 1 is 1.19 bits per heavy atom. The van der Waals surface area contributed by atoms with Gasteiger partial charge in [-0.25, -0.2) is 0 Å². The predicted molar refractivity (Wildman–Crippen MR) is 82.7 cm³/mol. The van der Waals surface area contributed by atoms with E-state index in [1.807, 2.05) is 41.9 Å². The highest BCUT2D eigenvalue weighted by Crippen LogP contribution is 2.16. The zero-order valence-corrected chi connectivity index (χ0v) is 12.7. The first kappa shape index (κ1) is 15.2. The molecule has 0 spiro atoms. The monoisotopic (exact) mass is 286 g/mol. The van der Waals surface area contributed by atoms with Gasteiger partial charge in [0.15, 0.2) is 5.82 Å². The molecule has 2 rings (SSSR count). The molecule has 0 aliphatic carbocycles. The topological polar surface area (TPSA) is 59.8 Å². The van der Waals surface area contributed by atoms with E-state index < -0.39 is 0 Å². The van der Waals surface area contributed by atoms with Crippen LogP contribution in [0.4, 0.5) is 0 Å². The molecule has 0 atom stereocenters. The van der Waals surface area contributed by atoms with Crippen molar-refractivity contribution in [1.29, 1.82) is 0 Å². The van der Waals surface area contributed by atoms with E-state index in [9.17, 15) is 4.79 Å². The molecule has 0 saturated heterocycles. The largest absolute Gasteiger partial charge is 0.356 e. The van der Waals surface area contributed by atoms with Crippen molar-refractivity contribution in [2.75, 3.05) is 6.54 Å². The summed E-state index contributed by atoms with van der Waals surface area (Å²) in [5.74, 6) is 1.47. The molecule has 0 fully saturated rings. The molecular formula is C16H22N4O. The Hall–Kier alpha value is -2.17. The Morgan fingerprint density at radius 3 is 2.67 bits per heavy atom. The van der Waals surface area contributed by atoms with Crippen LogP contribution in [0.3, 0.4) is 0 Å². The summed E-state index contributed by atoms with van der Waals surface area (Å²) in [6, 6.07) is 9.86. The van der Waals surface area contributed by atoms with Crippen LogP contribution in [0.1, 0.15) is 32.0 Å². The van der Waals surface area contributed by atoms with Crippen LogP contribution >= 0.6 is 0 Å². The SMILES string of the molecule is CCCCCNC(=O)Cc1nnc(-c2ccccc2)n1C. The van der Waals surface area contributed by atoms with Crippen molar-refractivity contribution in [3.05, 3.63) is 36.2 Å². The summed E-state index contributed by atoms with van der Waals surface area (Å²) in [7, 11) is 1.89. The molecule has 112 valence electrons. The lowest BCUT2D eigenvalue weighted by Crippen LogP contribution is -2.27. The zero-order valence-electron chi connectivity index (χ0n) is 12.7. The minimum Gasteiger partial charge on any atom is -0.356 e. The number of nitrogens with zero attached hydrogens (tertiary/aromatic N) is 3. The van der Waals surface area contributed by atoms with Crippen LogP contribution in [0.15, 0.2) is 30.3 Å². The van der Waals surface area contributed by atoms with Crippen LogP contribution < -0.4 is 5.32 Å². The molecule has 1 aromatic carbocycles. The van der Waals surface area contributed by atoms with Crippen LogP contribution in [-0.4, -0.2) is 27.2 Å². The van der Waals surface area contributed by atoms with Crippen LogP contribution in [0.2, 0.25) is 0 Å². The lowest BCUT2D eigenvalue weighted by atomic mass is 10.2. The molecule has 1 aromatic heterocycles. The quantitative estimate of drug-likeness (QED) is 0.795. The summed E-state index contributed by atoms with van der Waals surface area (Å²) >= 11 is 0. The average Bonchev–Trinajstić information content (AvgIpc) is 2.86. The summed E-state index contributed by atoms with van der Waals surface area (Å²) in [4.78, 5) is 11.9. The van der Waals surface area contributed by atoms with Gasteiger partial charge in [0.05, 0.1) is 6.42 Å². The van der Waals surface area contributed by atoms with Gasteiger partial charge < -0.3 is 9.88 Å². The third kappa shape index (κ3) is 4.15. The maximum atomic E-state index is 11.9. The smallest absolute Gasteiger partial charge is 0.227 e. The lowest BCUT2D eigenvalue weighted by Gasteiger charge is -2.05. The fourth-order valence-electron chi connectivity index (χ4n) is 2.16. The van der Waals surface area contributed by atoms with Crippen LogP contribution in [0.25, 0.3) is 11.4 Å². The van der Waals surface area contributed by atoms with E-state index in [0.717, 1.165) is 37.2 Å². The van der Waals surface area contributed by atoms with Crippen molar-refractivity contribution in [1.82, 2.24) is 20.1 Å². The second-order valence-electron chi connectivity index (χ2n) is 5.10. The fraction of sp³-hybridized carbons (Fsp3) is 0.438. The van der Waals surface area contributed by atoms with E-state index in [-0.39, 0.29) is 12.3 Å². The first-order valence-electron chi connectivity index (χ1n) is 7.42. The minimum absolute atomic E-state index is 0.00112. The van der Waals surface area contributed by atoms with Gasteiger partial charge in [0, 0.05) is 19.2 Å². The third-order valence-electron chi connectivity index (χ3n) is 3.42. The number of amides is 1. The van der Waals surface area contributed by atoms with Crippen LogP contribution in [0.5, 0.6) is 0 Å². The van der Waals surface area contributed by atoms with Gasteiger partial charge in [-0.15, -0.1) is 10.2 Å². The van der Waals surface area contributed by atoms with Gasteiger partial charge in [-0.3, -0.25) is 4.79 Å². The maximum Gasteiger partial charge on any atom is 0.227 e. The van der Waals surface area contributed by atoms with Gasteiger partial charge in [0.2, 0.25) is 5.91 Å². The Kier molecular flexibility index (Phi) is 5.49. The van der Waals surface area contributed by atoms with Crippen molar-refractivity contribution in [3.63, 3.8) is 0 Å². The summed E-state index contributed by atoms with van der Waals surface area (Å²) in [6.07, 6.45) is 3.58. The summed E-state index contributed by atoms with van der Waals surface area (Å²) < 4.78 is 1.88. The summed E-state index contributed by atoms with van der Waals surface area (Å²) in [5, 5.41) is 11.2. The average molecular weight is 286 g/mol. The molecule has 5 heteroatoms. The number of benzene rings is 1. The number of carbonyl (C=O) groups is 1. The molecule has 5 nitrogen and oxygen atoms in total. The van der Waals surface area contributed by atoms with E-state index in [1.165, 1.54) is 0 Å². The number of aromatic nitrogens is 3. The van der Waals surface area contributed by atoms with E-state index in [2.05, 4.69) is 22.4 Å². The molecule has 21 heavy (non-hydrogen) atoms. The minimum atomic E-state index is 0.00112. The molecule has 0 saturated carbocycles. The second-order valence-corrected chi connectivity index (χ2v) is 5.10. The fourth-order valence-corrected chi connectivity index (χ4v) is 2.16. The van der Waals surface area contributed by atoms with Gasteiger partial charge in [0.1, 0.15) is 5.82 Å². The number of hydrogen-bond acceptors (Lipinski definition) is 3. The van der Waals surface area contributed by atoms with Crippen molar-refractivity contribution in [2.24, 2.45) is 7.05 Å². The lowest BCUT2D eigenvalue weighted by molar-refractivity contribution is -0.120. The highest BCUT2D eigenvalue weighted by Gasteiger charge is 2.13. The second kappa shape index (κ2) is 7.57. The van der Waals surface area contributed by atoms with Gasteiger partial charge in [-0.05, 0) is 6.42 Å². The van der Waals surface area contributed by atoms with Gasteiger partial charge >= 0.3 is 0 Å². The molecule has 2 aromatic rings. The third-order valence-corrected chi connectivity index (χ3v) is 3.42. The Labute approximate surface area is 125 Å². The van der Waals surface area contributed by atoms with E-state index in [0.29, 0.717) is 5.82 Å². The Morgan fingerprint density at radius 2 is 1.95 bits per heavy atom. The number of carbonyl (C=O) groups excluding carboxylic acids is 1. The molecule has 0 bridgehead atoms. The summed E-state index contributed by atoms with van der Waals surface area (Å²) in [6.45, 7) is 2.88. The van der Waals surface area contributed by atoms with Gasteiger partial charge in [-0.2, -0.15) is 0 Å². The normalized spacial score (nSPS) is 10.6. The highest BCUT2D eigenvalue weighted by molar-refractivity contribution is 5.77.